The number of amides is 1. The van der Waals surface area contributed by atoms with Gasteiger partial charge in [-0.1, -0.05) is 0 Å². The van der Waals surface area contributed by atoms with Crippen LogP contribution in [0.4, 0.5) is 4.79 Å². The standard InChI is InChI=1S/C6H14BNO2/c7-6(10)8-4-2-1-3-5-9/h9H,1-5,7H2,(H,8,10). The minimum absolute atomic E-state index is 0.0176. The Balaban J connectivity index is 2.84. The van der Waals surface area contributed by atoms with Crippen LogP contribution in [0.25, 0.3) is 0 Å². The van der Waals surface area contributed by atoms with Crippen molar-refractivity contribution in [1.82, 2.24) is 5.32 Å². The van der Waals surface area contributed by atoms with Crippen molar-refractivity contribution in [3.8, 4) is 0 Å². The molecule has 0 aromatic carbocycles. The predicted molar refractivity (Wildman–Crippen MR) is 42.9 cm³/mol. The van der Waals surface area contributed by atoms with E-state index in [1.165, 1.54) is 7.85 Å². The molecule has 58 valence electrons. The molecular weight excluding hydrogens is 129 g/mol. The molecule has 0 fully saturated rings. The second-order valence-electron chi connectivity index (χ2n) is 2.27. The van der Waals surface area contributed by atoms with E-state index in [0.717, 1.165) is 25.8 Å². The highest BCUT2D eigenvalue weighted by Gasteiger charge is 1.89. The van der Waals surface area contributed by atoms with Crippen molar-refractivity contribution in [2.45, 2.75) is 19.3 Å². The van der Waals surface area contributed by atoms with E-state index in [2.05, 4.69) is 5.32 Å². The van der Waals surface area contributed by atoms with Gasteiger partial charge in [-0.15, -0.1) is 0 Å². The Labute approximate surface area is 62.2 Å². The van der Waals surface area contributed by atoms with Gasteiger partial charge in [-0.05, 0) is 19.3 Å². The van der Waals surface area contributed by atoms with E-state index in [4.69, 9.17) is 5.11 Å². The summed E-state index contributed by atoms with van der Waals surface area (Å²) in [6.07, 6.45) is 2.77. The van der Waals surface area contributed by atoms with Crippen LogP contribution in [0.5, 0.6) is 0 Å². The number of aliphatic hydroxyl groups is 1. The molecule has 0 aliphatic carbocycles. The van der Waals surface area contributed by atoms with Gasteiger partial charge in [0.25, 0.3) is 0 Å². The molecular formula is C6H14BNO2. The van der Waals surface area contributed by atoms with E-state index in [9.17, 15) is 4.79 Å². The number of aliphatic hydroxyl groups excluding tert-OH is 1. The van der Waals surface area contributed by atoms with E-state index in [0.29, 0.717) is 0 Å². The summed E-state index contributed by atoms with van der Waals surface area (Å²) in [5.41, 5.74) is 0. The molecule has 3 nitrogen and oxygen atoms in total. The Hall–Kier alpha value is -0.505. The van der Waals surface area contributed by atoms with Crippen LogP contribution in [0.15, 0.2) is 0 Å². The number of rotatable bonds is 5. The van der Waals surface area contributed by atoms with Crippen LogP contribution >= 0.6 is 0 Å². The minimum atomic E-state index is 0.0176. The average Bonchev–Trinajstić information content (AvgIpc) is 1.87. The molecule has 0 aliphatic rings. The molecule has 4 heteroatoms. The van der Waals surface area contributed by atoms with Crippen LogP contribution in [-0.2, 0) is 0 Å². The third-order valence-corrected chi connectivity index (χ3v) is 1.21. The molecule has 0 saturated carbocycles. The fraction of sp³-hybridized carbons (Fsp3) is 0.833. The van der Waals surface area contributed by atoms with Crippen LogP contribution in [-0.4, -0.2) is 31.9 Å². The zero-order valence-corrected chi connectivity index (χ0v) is 6.39. The molecule has 2 N–H and O–H groups in total. The summed E-state index contributed by atoms with van der Waals surface area (Å²) in [5.74, 6) is 0.0176. The molecule has 0 aromatic rings. The van der Waals surface area contributed by atoms with Crippen molar-refractivity contribution in [1.29, 1.82) is 0 Å². The lowest BCUT2D eigenvalue weighted by Crippen LogP contribution is -2.22. The highest BCUT2D eigenvalue weighted by atomic mass is 16.2. The van der Waals surface area contributed by atoms with Gasteiger partial charge in [0.1, 0.15) is 0 Å². The van der Waals surface area contributed by atoms with E-state index in [-0.39, 0.29) is 12.4 Å². The third kappa shape index (κ3) is 7.49. The maximum absolute atomic E-state index is 10.3. The van der Waals surface area contributed by atoms with Crippen molar-refractivity contribution in [3.05, 3.63) is 0 Å². The minimum Gasteiger partial charge on any atom is -0.396 e. The van der Waals surface area contributed by atoms with Gasteiger partial charge in [0.15, 0.2) is 5.81 Å². The lowest BCUT2D eigenvalue weighted by molar-refractivity contribution is 0.259. The second-order valence-corrected chi connectivity index (χ2v) is 2.27. The lowest BCUT2D eigenvalue weighted by Gasteiger charge is -1.99. The number of carbonyl (C=O) groups is 1. The molecule has 0 saturated heterocycles. The fourth-order valence-electron chi connectivity index (χ4n) is 0.678. The summed E-state index contributed by atoms with van der Waals surface area (Å²) < 4.78 is 0. The van der Waals surface area contributed by atoms with E-state index in [1.54, 1.807) is 0 Å². The maximum atomic E-state index is 10.3. The Morgan fingerprint density at radius 1 is 1.40 bits per heavy atom. The molecule has 0 atom stereocenters. The van der Waals surface area contributed by atoms with Gasteiger partial charge in [0.05, 0.1) is 0 Å². The average molecular weight is 143 g/mol. The summed E-state index contributed by atoms with van der Waals surface area (Å²) >= 11 is 0. The summed E-state index contributed by atoms with van der Waals surface area (Å²) in [7, 11) is 1.51. The summed E-state index contributed by atoms with van der Waals surface area (Å²) in [5, 5.41) is 11.1. The van der Waals surface area contributed by atoms with Gasteiger partial charge in [-0.2, -0.15) is 0 Å². The van der Waals surface area contributed by atoms with Crippen molar-refractivity contribution in [2.75, 3.05) is 13.2 Å². The first-order valence-electron chi connectivity index (χ1n) is 3.62. The third-order valence-electron chi connectivity index (χ3n) is 1.21. The Kier molecular flexibility index (Phi) is 6.28. The Morgan fingerprint density at radius 3 is 2.60 bits per heavy atom. The first-order valence-corrected chi connectivity index (χ1v) is 3.62. The molecule has 0 unspecified atom stereocenters. The normalized spacial score (nSPS) is 9.30. The first-order chi connectivity index (χ1) is 4.77. The van der Waals surface area contributed by atoms with Crippen molar-refractivity contribution >= 4 is 13.7 Å². The number of hydrogen-bond acceptors (Lipinski definition) is 2. The molecule has 0 aromatic heterocycles. The van der Waals surface area contributed by atoms with E-state index in [1.807, 2.05) is 0 Å². The van der Waals surface area contributed by atoms with Crippen LogP contribution < -0.4 is 5.32 Å². The number of nitrogens with one attached hydrogen (secondary N) is 1. The van der Waals surface area contributed by atoms with Gasteiger partial charge in [-0.25, -0.2) is 0 Å². The highest BCUT2D eigenvalue weighted by molar-refractivity contribution is 6.57. The Bertz CT molecular complexity index is 97.7. The van der Waals surface area contributed by atoms with Crippen LogP contribution in [0.2, 0.25) is 0 Å². The van der Waals surface area contributed by atoms with Crippen LogP contribution in [0.3, 0.4) is 0 Å². The van der Waals surface area contributed by atoms with Crippen molar-refractivity contribution in [3.63, 3.8) is 0 Å². The zero-order valence-electron chi connectivity index (χ0n) is 6.39. The summed E-state index contributed by atoms with van der Waals surface area (Å²) in [6.45, 7) is 0.982. The molecule has 1 amide bonds. The molecule has 10 heavy (non-hydrogen) atoms. The second kappa shape index (κ2) is 6.61. The Morgan fingerprint density at radius 2 is 2.10 bits per heavy atom. The van der Waals surface area contributed by atoms with Crippen molar-refractivity contribution in [2.24, 2.45) is 0 Å². The SMILES string of the molecule is BC(=O)NCCCCCO. The molecule has 0 rings (SSSR count). The molecule has 0 aliphatic heterocycles. The lowest BCUT2D eigenvalue weighted by atomic mass is 10.1. The van der Waals surface area contributed by atoms with Gasteiger partial charge in [-0.3, -0.25) is 4.79 Å². The molecule has 0 heterocycles. The summed E-state index contributed by atoms with van der Waals surface area (Å²) in [4.78, 5) is 10.3. The monoisotopic (exact) mass is 143 g/mol. The summed E-state index contributed by atoms with van der Waals surface area (Å²) in [6, 6.07) is 0. The highest BCUT2D eigenvalue weighted by Crippen LogP contribution is 1.91. The topological polar surface area (TPSA) is 49.3 Å². The zero-order chi connectivity index (χ0) is 7.82. The number of unbranched alkanes of at least 4 members (excludes halogenated alkanes) is 2. The van der Waals surface area contributed by atoms with Crippen LogP contribution in [0.1, 0.15) is 19.3 Å². The van der Waals surface area contributed by atoms with E-state index < -0.39 is 0 Å². The van der Waals surface area contributed by atoms with Gasteiger partial charge < -0.3 is 10.4 Å². The molecule has 0 bridgehead atoms. The fourth-order valence-corrected chi connectivity index (χ4v) is 0.678. The van der Waals surface area contributed by atoms with Crippen molar-refractivity contribution < 1.29 is 9.90 Å². The molecule has 0 radical (unpaired) electrons. The predicted octanol–water partition coefficient (Wildman–Crippen LogP) is -0.508. The molecule has 0 spiro atoms. The smallest absolute Gasteiger partial charge is 0.215 e. The maximum Gasteiger partial charge on any atom is 0.215 e. The number of carbonyl (C=O) groups excluding carboxylic acids is 1. The van der Waals surface area contributed by atoms with Crippen LogP contribution in [0, 0.1) is 0 Å². The number of hydrogen-bond donors (Lipinski definition) is 2. The van der Waals surface area contributed by atoms with E-state index >= 15 is 0 Å². The van der Waals surface area contributed by atoms with Gasteiger partial charge in [0, 0.05) is 13.2 Å². The van der Waals surface area contributed by atoms with Gasteiger partial charge >= 0.3 is 0 Å². The first kappa shape index (κ1) is 9.49. The van der Waals surface area contributed by atoms with Gasteiger partial charge in [0.2, 0.25) is 7.85 Å². The largest absolute Gasteiger partial charge is 0.396 e. The quantitative estimate of drug-likeness (QED) is 0.402.